The van der Waals surface area contributed by atoms with E-state index < -0.39 is 84.3 Å². The van der Waals surface area contributed by atoms with Gasteiger partial charge in [-0.1, -0.05) is 20.8 Å². The number of fused-ring (bicyclic) bond motifs is 2. The second-order valence-electron chi connectivity index (χ2n) is 15.5. The van der Waals surface area contributed by atoms with Gasteiger partial charge in [-0.25, -0.2) is 0 Å². The van der Waals surface area contributed by atoms with Crippen LogP contribution in [-0.4, -0.2) is 127 Å². The van der Waals surface area contributed by atoms with Gasteiger partial charge in [-0.2, -0.15) is 0 Å². The zero-order valence-corrected chi connectivity index (χ0v) is 30.0. The number of cyclic esters (lactones) is 1. The molecule has 4 aliphatic heterocycles. The first-order valence-electron chi connectivity index (χ1n) is 17.2. The maximum absolute atomic E-state index is 14.0. The molecule has 4 fully saturated rings. The number of carbonyl (C=O) groups excluding carboxylic acids is 1. The first-order chi connectivity index (χ1) is 21.3. The minimum Gasteiger partial charge on any atom is -0.460 e. The lowest BCUT2D eigenvalue weighted by atomic mass is 9.77. The van der Waals surface area contributed by atoms with Gasteiger partial charge in [0.05, 0.1) is 47.6 Å². The fraction of sp³-hybridized carbons (Fsp3) is 0.971. The van der Waals surface area contributed by atoms with Crippen LogP contribution in [0.4, 0.5) is 0 Å². The van der Waals surface area contributed by atoms with Crippen LogP contribution < -0.4 is 5.73 Å². The number of hydrogen-bond donors (Lipinski definition) is 3. The highest BCUT2D eigenvalue weighted by Crippen LogP contribution is 2.47. The van der Waals surface area contributed by atoms with Gasteiger partial charge in [-0.05, 0) is 74.4 Å². The summed E-state index contributed by atoms with van der Waals surface area (Å²) in [6.45, 7) is 17.4. The zero-order chi connectivity index (χ0) is 34.5. The third-order valence-corrected chi connectivity index (χ3v) is 11.3. The maximum atomic E-state index is 14.0. The fourth-order valence-corrected chi connectivity index (χ4v) is 8.56. The Bertz CT molecular complexity index is 1030. The molecule has 2 bridgehead atoms. The molecule has 4 heterocycles. The third kappa shape index (κ3) is 7.46. The lowest BCUT2D eigenvalue weighted by Gasteiger charge is -2.48. The number of nitrogens with two attached hydrogens (primary N) is 1. The predicted octanol–water partition coefficient (Wildman–Crippen LogP) is 2.45. The van der Waals surface area contributed by atoms with Crippen molar-refractivity contribution in [3.05, 3.63) is 0 Å². The van der Waals surface area contributed by atoms with Crippen LogP contribution in [0.3, 0.4) is 0 Å². The van der Waals surface area contributed by atoms with Gasteiger partial charge in [0.2, 0.25) is 0 Å². The van der Waals surface area contributed by atoms with E-state index in [-0.39, 0.29) is 36.5 Å². The number of nitrogens with zero attached hydrogens (tertiary/aromatic N) is 1. The Hall–Kier alpha value is -0.930. The zero-order valence-electron chi connectivity index (χ0n) is 30.0. The lowest BCUT2D eigenvalue weighted by Crippen LogP contribution is -2.60. The predicted molar refractivity (Wildman–Crippen MR) is 171 cm³/mol. The Morgan fingerprint density at radius 3 is 2.24 bits per heavy atom. The van der Waals surface area contributed by atoms with E-state index in [1.165, 1.54) is 0 Å². The number of esters is 1. The van der Waals surface area contributed by atoms with Crippen LogP contribution in [0.25, 0.3) is 0 Å². The van der Waals surface area contributed by atoms with Gasteiger partial charge in [0, 0.05) is 37.5 Å². The Morgan fingerprint density at radius 1 is 1.00 bits per heavy atom. The number of ether oxygens (including phenoxy) is 7. The summed E-state index contributed by atoms with van der Waals surface area (Å²) < 4.78 is 45.0. The average molecular weight is 659 g/mol. The van der Waals surface area contributed by atoms with E-state index in [1.807, 2.05) is 60.5 Å². The van der Waals surface area contributed by atoms with Crippen LogP contribution in [0.1, 0.15) is 81.6 Å². The SMILES string of the molecule is CO[C@]1(C)C[C@H](O[C@H]2[C@H](C)[C@@H](O[C@@H]3O[C@H](C)C[C@H](N(C)C)[C@H]3O)[C@@]3(C)CC(C)C(O3)[C@H](C)[C@H](C(C)N)OC(=O)[C@@H]2C)O[C@@H](C)[C@@H]1O. The monoisotopic (exact) mass is 658 g/mol. The Kier molecular flexibility index (Phi) is 11.9. The summed E-state index contributed by atoms with van der Waals surface area (Å²) in [5, 5.41) is 22.3. The summed E-state index contributed by atoms with van der Waals surface area (Å²) in [7, 11) is 5.44. The molecule has 268 valence electrons. The van der Waals surface area contributed by atoms with E-state index in [0.717, 1.165) is 0 Å². The molecule has 4 N–H and O–H groups in total. The van der Waals surface area contributed by atoms with E-state index in [2.05, 4.69) is 6.92 Å². The van der Waals surface area contributed by atoms with Crippen LogP contribution in [-0.2, 0) is 38.0 Å². The summed E-state index contributed by atoms with van der Waals surface area (Å²) in [5.41, 5.74) is 4.68. The summed E-state index contributed by atoms with van der Waals surface area (Å²) >= 11 is 0. The highest BCUT2D eigenvalue weighted by molar-refractivity contribution is 5.73. The first kappa shape index (κ1) is 37.9. The summed E-state index contributed by atoms with van der Waals surface area (Å²) in [6.07, 6.45) is -4.93. The smallest absolute Gasteiger partial charge is 0.311 e. The van der Waals surface area contributed by atoms with Gasteiger partial charge in [0.15, 0.2) is 12.6 Å². The summed E-state index contributed by atoms with van der Waals surface area (Å²) in [5.74, 6) is -1.74. The largest absolute Gasteiger partial charge is 0.460 e. The van der Waals surface area contributed by atoms with Gasteiger partial charge in [-0.3, -0.25) is 4.79 Å². The van der Waals surface area contributed by atoms with Crippen molar-refractivity contribution in [1.29, 1.82) is 0 Å². The van der Waals surface area contributed by atoms with E-state index in [9.17, 15) is 15.0 Å². The van der Waals surface area contributed by atoms with Crippen molar-refractivity contribution in [3.8, 4) is 0 Å². The molecule has 0 spiro atoms. The van der Waals surface area contributed by atoms with E-state index in [1.54, 1.807) is 21.0 Å². The molecule has 3 unspecified atom stereocenters. The normalized spacial score (nSPS) is 51.4. The molecule has 0 aliphatic carbocycles. The number of methoxy groups -OCH3 is 1. The van der Waals surface area contributed by atoms with Gasteiger partial charge >= 0.3 is 5.97 Å². The van der Waals surface area contributed by atoms with Crippen LogP contribution in [0, 0.1) is 23.7 Å². The molecule has 0 aromatic heterocycles. The van der Waals surface area contributed by atoms with Crippen molar-refractivity contribution in [1.82, 2.24) is 4.90 Å². The molecule has 46 heavy (non-hydrogen) atoms. The Morgan fingerprint density at radius 2 is 1.65 bits per heavy atom. The number of hydrogen-bond acceptors (Lipinski definition) is 12. The Balaban J connectivity index is 1.78. The number of likely N-dealkylation sites (N-methyl/N-ethyl adjacent to an activating group) is 1. The van der Waals surface area contributed by atoms with Gasteiger partial charge in [0.25, 0.3) is 0 Å². The number of carbonyl (C=O) groups is 1. The van der Waals surface area contributed by atoms with E-state index in [4.69, 9.17) is 38.9 Å². The van der Waals surface area contributed by atoms with Gasteiger partial charge < -0.3 is 54.0 Å². The highest BCUT2D eigenvalue weighted by atomic mass is 16.7. The first-order valence-corrected chi connectivity index (χ1v) is 17.2. The molecule has 4 saturated heterocycles. The van der Waals surface area contributed by atoms with Crippen molar-refractivity contribution in [2.75, 3.05) is 21.2 Å². The molecule has 12 nitrogen and oxygen atoms in total. The van der Waals surface area contributed by atoms with E-state index >= 15 is 0 Å². The maximum Gasteiger partial charge on any atom is 0.311 e. The average Bonchev–Trinajstić information content (AvgIpc) is 3.29. The molecule has 18 atom stereocenters. The minimum absolute atomic E-state index is 0.103. The minimum atomic E-state index is -0.932. The molecule has 0 amide bonds. The summed E-state index contributed by atoms with van der Waals surface area (Å²) in [6, 6.07) is -0.598. The van der Waals surface area contributed by atoms with Gasteiger partial charge in [0.1, 0.15) is 18.3 Å². The van der Waals surface area contributed by atoms with Crippen molar-refractivity contribution in [2.24, 2.45) is 29.4 Å². The fourth-order valence-electron chi connectivity index (χ4n) is 8.56. The Labute approximate surface area is 275 Å². The number of rotatable bonds is 7. The van der Waals surface area contributed by atoms with Crippen LogP contribution in [0.2, 0.25) is 0 Å². The molecule has 4 aliphatic rings. The molecule has 0 radical (unpaired) electrons. The topological polar surface area (TPSA) is 151 Å². The third-order valence-electron chi connectivity index (χ3n) is 11.3. The van der Waals surface area contributed by atoms with Crippen LogP contribution >= 0.6 is 0 Å². The van der Waals surface area contributed by atoms with Crippen LogP contribution in [0.5, 0.6) is 0 Å². The number of aliphatic hydroxyl groups is 2. The van der Waals surface area contributed by atoms with Crippen molar-refractivity contribution in [3.63, 3.8) is 0 Å². The van der Waals surface area contributed by atoms with E-state index in [0.29, 0.717) is 12.8 Å². The van der Waals surface area contributed by atoms with Crippen molar-refractivity contribution in [2.45, 2.75) is 166 Å². The molecule has 4 rings (SSSR count). The standard InChI is InChI=1S/C34H62N2O10/c1-16-14-34(9)30(45-32-25(37)23(36(10)11)13-17(2)41-32)19(4)27(43-24-15-33(8,40-12)29(38)22(7)42-24)20(5)31(39)44-28(21(6)35)18(3)26(16)46-34/h16-30,32,37-38H,13-15,35H2,1-12H3/t16?,17-,18+,19+,20-,21?,22+,23+,24+,25-,26?,27+,28-,29+,30-,32+,33-,34-/m1/s1. The number of aliphatic hydroxyl groups excluding tert-OH is 2. The van der Waals surface area contributed by atoms with Crippen molar-refractivity contribution >= 4 is 5.97 Å². The molecule has 0 aromatic carbocycles. The molecule has 0 saturated carbocycles. The summed E-state index contributed by atoms with van der Waals surface area (Å²) in [4.78, 5) is 16.0. The van der Waals surface area contributed by atoms with Crippen molar-refractivity contribution < 1.29 is 48.2 Å². The molecular formula is C34H62N2O10. The molecule has 12 heteroatoms. The second kappa shape index (κ2) is 14.5. The van der Waals surface area contributed by atoms with Crippen LogP contribution in [0.15, 0.2) is 0 Å². The highest BCUT2D eigenvalue weighted by Gasteiger charge is 2.57. The molecular weight excluding hydrogens is 596 g/mol. The van der Waals surface area contributed by atoms with Gasteiger partial charge in [-0.15, -0.1) is 0 Å². The molecule has 0 aromatic rings. The quantitative estimate of drug-likeness (QED) is 0.345. The second-order valence-corrected chi connectivity index (χ2v) is 15.5. The lowest BCUT2D eigenvalue weighted by molar-refractivity contribution is -0.318.